The number of piperidine rings is 1. The minimum atomic E-state index is 0.0941. The first-order chi connectivity index (χ1) is 18.6. The SMILES string of the molecule is C[C@@H]1OCC2(CCN(c3cnc4c(N5CCCc6c(CN7CCOCC7)cccc65)n[nH]c4n3)CC2)[C@@H]1N. The molecule has 0 saturated carbocycles. The van der Waals surface area contributed by atoms with Crippen molar-refractivity contribution < 1.29 is 9.47 Å². The molecule has 0 amide bonds. The van der Waals surface area contributed by atoms with E-state index in [2.05, 4.69) is 44.9 Å². The van der Waals surface area contributed by atoms with Crippen molar-refractivity contribution in [2.75, 3.05) is 62.3 Å². The predicted molar refractivity (Wildman–Crippen MR) is 147 cm³/mol. The molecule has 202 valence electrons. The molecule has 0 unspecified atom stereocenters. The molecule has 4 aliphatic heterocycles. The van der Waals surface area contributed by atoms with Crippen LogP contribution in [0, 0.1) is 5.41 Å². The highest BCUT2D eigenvalue weighted by Crippen LogP contribution is 2.42. The molecule has 0 radical (unpaired) electrons. The summed E-state index contributed by atoms with van der Waals surface area (Å²) >= 11 is 0. The molecule has 1 aromatic carbocycles. The number of H-pyrrole nitrogens is 1. The Balaban J connectivity index is 1.12. The van der Waals surface area contributed by atoms with E-state index in [1.807, 2.05) is 6.20 Å². The van der Waals surface area contributed by atoms with Crippen molar-refractivity contribution in [3.8, 4) is 0 Å². The van der Waals surface area contributed by atoms with Gasteiger partial charge in [-0.1, -0.05) is 12.1 Å². The molecule has 38 heavy (non-hydrogen) atoms. The van der Waals surface area contributed by atoms with E-state index in [0.29, 0.717) is 0 Å². The molecule has 6 heterocycles. The Kier molecular flexibility index (Phi) is 6.23. The van der Waals surface area contributed by atoms with Gasteiger partial charge in [0.25, 0.3) is 0 Å². The number of hydrogen-bond acceptors (Lipinski definition) is 9. The van der Waals surface area contributed by atoms with Crippen LogP contribution in [0.2, 0.25) is 0 Å². The van der Waals surface area contributed by atoms with E-state index in [0.717, 1.165) is 108 Å². The number of anilines is 3. The van der Waals surface area contributed by atoms with Crippen molar-refractivity contribution in [3.63, 3.8) is 0 Å². The van der Waals surface area contributed by atoms with E-state index >= 15 is 0 Å². The maximum Gasteiger partial charge on any atom is 0.183 e. The van der Waals surface area contributed by atoms with Crippen molar-refractivity contribution in [1.29, 1.82) is 0 Å². The number of hydrogen-bond donors (Lipinski definition) is 2. The van der Waals surface area contributed by atoms with Crippen molar-refractivity contribution in [2.24, 2.45) is 11.1 Å². The zero-order valence-electron chi connectivity index (χ0n) is 22.2. The molecule has 1 spiro atoms. The average molecular weight is 519 g/mol. The van der Waals surface area contributed by atoms with Crippen LogP contribution in [0.4, 0.5) is 17.3 Å². The van der Waals surface area contributed by atoms with E-state index in [1.54, 1.807) is 0 Å². The minimum Gasteiger partial charge on any atom is -0.379 e. The minimum absolute atomic E-state index is 0.0941. The topological polar surface area (TPSA) is 109 Å². The Morgan fingerprint density at radius 1 is 1.13 bits per heavy atom. The number of aromatic nitrogens is 4. The van der Waals surface area contributed by atoms with Crippen molar-refractivity contribution in [2.45, 2.75) is 51.3 Å². The molecule has 3 N–H and O–H groups in total. The summed E-state index contributed by atoms with van der Waals surface area (Å²) < 4.78 is 11.4. The number of nitrogens with two attached hydrogens (primary N) is 1. The quantitative estimate of drug-likeness (QED) is 0.539. The van der Waals surface area contributed by atoms with Crippen LogP contribution in [-0.4, -0.2) is 89.8 Å². The van der Waals surface area contributed by atoms with Gasteiger partial charge in [0.15, 0.2) is 17.0 Å². The van der Waals surface area contributed by atoms with Crippen LogP contribution in [-0.2, 0) is 22.4 Å². The van der Waals surface area contributed by atoms with Crippen LogP contribution >= 0.6 is 0 Å². The molecule has 3 aromatic rings. The first kappa shape index (κ1) is 24.3. The highest BCUT2D eigenvalue weighted by molar-refractivity contribution is 5.88. The second kappa shape index (κ2) is 9.75. The van der Waals surface area contributed by atoms with Gasteiger partial charge in [0.1, 0.15) is 5.82 Å². The number of aromatic amines is 1. The lowest BCUT2D eigenvalue weighted by molar-refractivity contribution is 0.0341. The standard InChI is InChI=1S/C28H38N8O2/c1-19-25(29)28(18-38-19)7-10-35(11-8-28)23-16-30-24-26(31-23)32-33-27(24)36-9-3-5-21-20(4-2-6-22(21)36)17-34-12-14-37-15-13-34/h2,4,6,16,19,25H,3,5,7-15,17-18,29H2,1H3,(H,31,32,33)/t19-,25+/m0/s1. The smallest absolute Gasteiger partial charge is 0.183 e. The Morgan fingerprint density at radius 2 is 1.97 bits per heavy atom. The Hall–Kier alpha value is -2.79. The third-order valence-electron chi connectivity index (χ3n) is 9.27. The lowest BCUT2D eigenvalue weighted by Crippen LogP contribution is -2.50. The van der Waals surface area contributed by atoms with Gasteiger partial charge < -0.3 is 25.0 Å². The monoisotopic (exact) mass is 518 g/mol. The van der Waals surface area contributed by atoms with E-state index in [-0.39, 0.29) is 17.6 Å². The van der Waals surface area contributed by atoms with Crippen LogP contribution in [0.25, 0.3) is 11.2 Å². The fourth-order valence-electron chi connectivity index (χ4n) is 6.84. The zero-order chi connectivity index (χ0) is 25.7. The van der Waals surface area contributed by atoms with Crippen molar-refractivity contribution in [1.82, 2.24) is 25.1 Å². The van der Waals surface area contributed by atoms with Crippen LogP contribution in [0.15, 0.2) is 24.4 Å². The molecule has 10 nitrogen and oxygen atoms in total. The number of ether oxygens (including phenoxy) is 2. The molecule has 4 aliphatic rings. The summed E-state index contributed by atoms with van der Waals surface area (Å²) in [6.07, 6.45) is 6.26. The molecule has 0 aliphatic carbocycles. The highest BCUT2D eigenvalue weighted by Gasteiger charge is 2.47. The molecule has 2 aromatic heterocycles. The van der Waals surface area contributed by atoms with Crippen LogP contribution in [0.1, 0.15) is 37.3 Å². The average Bonchev–Trinajstić information content (AvgIpc) is 3.50. The molecular formula is C28H38N8O2. The Bertz CT molecular complexity index is 1300. The number of fused-ring (bicyclic) bond motifs is 2. The van der Waals surface area contributed by atoms with Gasteiger partial charge in [-0.05, 0) is 49.8 Å². The van der Waals surface area contributed by atoms with Gasteiger partial charge in [-0.3, -0.25) is 10.00 Å². The molecular weight excluding hydrogens is 480 g/mol. The van der Waals surface area contributed by atoms with Gasteiger partial charge in [0, 0.05) is 56.4 Å². The predicted octanol–water partition coefficient (Wildman–Crippen LogP) is 2.60. The van der Waals surface area contributed by atoms with Crippen LogP contribution < -0.4 is 15.5 Å². The summed E-state index contributed by atoms with van der Waals surface area (Å²) in [6, 6.07) is 6.79. The summed E-state index contributed by atoms with van der Waals surface area (Å²) in [5, 5.41) is 7.91. The lowest BCUT2D eigenvalue weighted by Gasteiger charge is -2.41. The molecule has 7 rings (SSSR count). The summed E-state index contributed by atoms with van der Waals surface area (Å²) in [4.78, 5) is 17.0. The fraction of sp³-hybridized carbons (Fsp3) is 0.607. The van der Waals surface area contributed by atoms with E-state index < -0.39 is 0 Å². The normalized spacial score (nSPS) is 25.8. The van der Waals surface area contributed by atoms with Gasteiger partial charge in [-0.15, -0.1) is 0 Å². The van der Waals surface area contributed by atoms with Gasteiger partial charge in [-0.2, -0.15) is 5.10 Å². The van der Waals surface area contributed by atoms with E-state index in [9.17, 15) is 0 Å². The second-order valence-corrected chi connectivity index (χ2v) is 11.4. The summed E-state index contributed by atoms with van der Waals surface area (Å²) in [6.45, 7) is 10.2. The maximum atomic E-state index is 6.51. The van der Waals surface area contributed by atoms with Crippen LogP contribution in [0.3, 0.4) is 0 Å². The highest BCUT2D eigenvalue weighted by atomic mass is 16.5. The fourth-order valence-corrected chi connectivity index (χ4v) is 6.84. The largest absolute Gasteiger partial charge is 0.379 e. The number of nitrogens with one attached hydrogen (secondary N) is 1. The van der Waals surface area contributed by atoms with Crippen molar-refractivity contribution in [3.05, 3.63) is 35.5 Å². The van der Waals surface area contributed by atoms with Crippen LogP contribution in [0.5, 0.6) is 0 Å². The number of benzene rings is 1. The summed E-state index contributed by atoms with van der Waals surface area (Å²) in [7, 11) is 0. The van der Waals surface area contributed by atoms with Gasteiger partial charge in [-0.25, -0.2) is 9.97 Å². The molecule has 3 saturated heterocycles. The van der Waals surface area contributed by atoms with E-state index in [1.165, 1.54) is 16.8 Å². The maximum absolute atomic E-state index is 6.51. The van der Waals surface area contributed by atoms with Crippen molar-refractivity contribution >= 4 is 28.5 Å². The number of nitrogens with zero attached hydrogens (tertiary/aromatic N) is 6. The molecule has 0 bridgehead atoms. The number of rotatable bonds is 4. The third kappa shape index (κ3) is 4.14. The lowest BCUT2D eigenvalue weighted by atomic mass is 9.73. The van der Waals surface area contributed by atoms with Gasteiger partial charge >= 0.3 is 0 Å². The van der Waals surface area contributed by atoms with E-state index in [4.69, 9.17) is 30.3 Å². The third-order valence-corrected chi connectivity index (χ3v) is 9.27. The molecule has 3 fully saturated rings. The van der Waals surface area contributed by atoms with Gasteiger partial charge in [0.05, 0.1) is 32.1 Å². The molecule has 2 atom stereocenters. The Labute approximate surface area is 223 Å². The summed E-state index contributed by atoms with van der Waals surface area (Å²) in [5.74, 6) is 1.76. The first-order valence-electron chi connectivity index (χ1n) is 14.1. The Morgan fingerprint density at radius 3 is 2.76 bits per heavy atom. The summed E-state index contributed by atoms with van der Waals surface area (Å²) in [5.41, 5.74) is 12.3. The zero-order valence-corrected chi connectivity index (χ0v) is 22.2. The first-order valence-corrected chi connectivity index (χ1v) is 14.1. The number of morpholine rings is 1. The second-order valence-electron chi connectivity index (χ2n) is 11.4. The van der Waals surface area contributed by atoms with Gasteiger partial charge in [0.2, 0.25) is 0 Å². The molecule has 10 heteroatoms.